The molecule has 2 heterocycles. The van der Waals surface area contributed by atoms with Crippen molar-refractivity contribution in [2.45, 2.75) is 25.3 Å². The maximum Gasteiger partial charge on any atom is 0.223 e. The van der Waals surface area contributed by atoms with Crippen molar-refractivity contribution in [2.24, 2.45) is 0 Å². The predicted octanol–water partition coefficient (Wildman–Crippen LogP) is 4.87. The van der Waals surface area contributed by atoms with Crippen LogP contribution in [-0.4, -0.2) is 31.6 Å². The minimum Gasteiger partial charge on any atom is -0.497 e. The van der Waals surface area contributed by atoms with E-state index in [1.54, 1.807) is 25.6 Å². The molecular formula is C24H25NO3S. The molecule has 0 saturated carbocycles. The summed E-state index contributed by atoms with van der Waals surface area (Å²) in [4.78, 5) is 16.7. The number of methoxy groups -OCH3 is 2. The van der Waals surface area contributed by atoms with Crippen LogP contribution in [0.4, 0.5) is 0 Å². The van der Waals surface area contributed by atoms with Crippen LogP contribution in [0.5, 0.6) is 11.5 Å². The van der Waals surface area contributed by atoms with Crippen molar-refractivity contribution in [1.82, 2.24) is 4.90 Å². The summed E-state index contributed by atoms with van der Waals surface area (Å²) in [5.74, 6) is 1.73. The van der Waals surface area contributed by atoms with E-state index in [0.717, 1.165) is 30.0 Å². The molecule has 0 radical (unpaired) electrons. The van der Waals surface area contributed by atoms with Crippen LogP contribution in [0.1, 0.15) is 34.0 Å². The average molecular weight is 408 g/mol. The van der Waals surface area contributed by atoms with Crippen molar-refractivity contribution < 1.29 is 14.3 Å². The fourth-order valence-corrected chi connectivity index (χ4v) is 4.95. The highest BCUT2D eigenvalue weighted by Crippen LogP contribution is 2.38. The number of aryl methyl sites for hydroxylation is 1. The number of benzene rings is 2. The topological polar surface area (TPSA) is 38.8 Å². The van der Waals surface area contributed by atoms with Crippen LogP contribution >= 0.6 is 11.3 Å². The Morgan fingerprint density at radius 2 is 1.93 bits per heavy atom. The van der Waals surface area contributed by atoms with Gasteiger partial charge in [0.05, 0.1) is 20.3 Å². The van der Waals surface area contributed by atoms with E-state index >= 15 is 0 Å². The molecule has 1 aliphatic rings. The molecule has 0 fully saturated rings. The van der Waals surface area contributed by atoms with E-state index in [4.69, 9.17) is 9.47 Å². The monoisotopic (exact) mass is 407 g/mol. The summed E-state index contributed by atoms with van der Waals surface area (Å²) in [5.41, 5.74) is 3.42. The van der Waals surface area contributed by atoms with Crippen LogP contribution in [0.2, 0.25) is 0 Å². The number of ether oxygens (including phenoxy) is 2. The van der Waals surface area contributed by atoms with Gasteiger partial charge in [-0.05, 0) is 59.2 Å². The highest BCUT2D eigenvalue weighted by atomic mass is 32.1. The van der Waals surface area contributed by atoms with Gasteiger partial charge in [0, 0.05) is 17.8 Å². The lowest BCUT2D eigenvalue weighted by atomic mass is 9.92. The number of hydrogen-bond acceptors (Lipinski definition) is 4. The Hall–Kier alpha value is -2.79. The van der Waals surface area contributed by atoms with Crippen molar-refractivity contribution in [3.63, 3.8) is 0 Å². The summed E-state index contributed by atoms with van der Waals surface area (Å²) >= 11 is 1.79. The molecule has 1 amide bonds. The van der Waals surface area contributed by atoms with Crippen molar-refractivity contribution in [1.29, 1.82) is 0 Å². The van der Waals surface area contributed by atoms with Crippen LogP contribution in [-0.2, 0) is 17.6 Å². The summed E-state index contributed by atoms with van der Waals surface area (Å²) in [6.45, 7) is 0.751. The van der Waals surface area contributed by atoms with E-state index in [1.165, 1.54) is 16.0 Å². The first kappa shape index (κ1) is 19.5. The third-order valence-electron chi connectivity index (χ3n) is 5.50. The fourth-order valence-electron chi connectivity index (χ4n) is 4.04. The first-order valence-corrected chi connectivity index (χ1v) is 10.7. The summed E-state index contributed by atoms with van der Waals surface area (Å²) < 4.78 is 10.8. The second-order valence-corrected chi connectivity index (χ2v) is 8.13. The van der Waals surface area contributed by atoms with Crippen LogP contribution < -0.4 is 9.47 Å². The zero-order valence-electron chi connectivity index (χ0n) is 16.8. The minimum absolute atomic E-state index is 0.00842. The van der Waals surface area contributed by atoms with Gasteiger partial charge in [0.25, 0.3) is 0 Å². The first-order valence-electron chi connectivity index (χ1n) is 9.83. The predicted molar refractivity (Wildman–Crippen MR) is 116 cm³/mol. The lowest BCUT2D eigenvalue weighted by Crippen LogP contribution is -2.40. The molecule has 0 N–H and O–H groups in total. The number of carbonyl (C=O) groups excluding carboxylic acids is 1. The van der Waals surface area contributed by atoms with E-state index in [2.05, 4.69) is 23.6 Å². The summed E-state index contributed by atoms with van der Waals surface area (Å²) in [6.07, 6.45) is 1.98. The molecule has 3 aromatic rings. The van der Waals surface area contributed by atoms with Gasteiger partial charge in [-0.3, -0.25) is 4.79 Å². The molecule has 29 heavy (non-hydrogen) atoms. The Morgan fingerprint density at radius 1 is 1.10 bits per heavy atom. The van der Waals surface area contributed by atoms with Crippen LogP contribution in [0.15, 0.2) is 60.0 Å². The zero-order valence-corrected chi connectivity index (χ0v) is 17.6. The van der Waals surface area contributed by atoms with Gasteiger partial charge in [0.1, 0.15) is 11.5 Å². The molecule has 4 nitrogen and oxygen atoms in total. The normalized spacial score (nSPS) is 15.7. The summed E-state index contributed by atoms with van der Waals surface area (Å²) in [5, 5.41) is 2.13. The molecule has 4 rings (SSSR count). The number of carbonyl (C=O) groups is 1. The van der Waals surface area contributed by atoms with Gasteiger partial charge >= 0.3 is 0 Å². The molecule has 1 aliphatic heterocycles. The molecule has 150 valence electrons. The molecule has 5 heteroatoms. The third-order valence-corrected chi connectivity index (χ3v) is 6.49. The smallest absolute Gasteiger partial charge is 0.223 e. The number of nitrogens with zero attached hydrogens (tertiary/aromatic N) is 1. The molecule has 2 aromatic carbocycles. The second kappa shape index (κ2) is 8.70. The van der Waals surface area contributed by atoms with Crippen LogP contribution in [0.25, 0.3) is 0 Å². The van der Waals surface area contributed by atoms with Crippen molar-refractivity contribution in [3.8, 4) is 11.5 Å². The van der Waals surface area contributed by atoms with E-state index in [9.17, 15) is 4.79 Å². The number of rotatable bonds is 6. The summed E-state index contributed by atoms with van der Waals surface area (Å²) in [7, 11) is 3.30. The Balaban J connectivity index is 1.57. The minimum atomic E-state index is -0.00842. The maximum atomic E-state index is 13.3. The van der Waals surface area contributed by atoms with Crippen LogP contribution in [0, 0.1) is 0 Å². The zero-order chi connectivity index (χ0) is 20.2. The van der Waals surface area contributed by atoms with Crippen LogP contribution in [0.3, 0.4) is 0 Å². The number of thiophene rings is 1. The van der Waals surface area contributed by atoms with Gasteiger partial charge in [-0.1, -0.05) is 30.3 Å². The maximum absolute atomic E-state index is 13.3. The number of fused-ring (bicyclic) bond motifs is 1. The second-order valence-electron chi connectivity index (χ2n) is 7.13. The lowest BCUT2D eigenvalue weighted by Gasteiger charge is -2.36. The molecule has 0 aliphatic carbocycles. The quantitative estimate of drug-likeness (QED) is 0.585. The van der Waals surface area contributed by atoms with E-state index in [-0.39, 0.29) is 11.9 Å². The Kier molecular flexibility index (Phi) is 5.86. The van der Waals surface area contributed by atoms with Crippen molar-refractivity contribution >= 4 is 17.2 Å². The molecule has 0 bridgehead atoms. The highest BCUT2D eigenvalue weighted by Gasteiger charge is 2.32. The average Bonchev–Trinajstić information content (AvgIpc) is 3.26. The van der Waals surface area contributed by atoms with Gasteiger partial charge in [0.2, 0.25) is 5.91 Å². The van der Waals surface area contributed by atoms with Gasteiger partial charge < -0.3 is 14.4 Å². The molecule has 0 saturated heterocycles. The fraction of sp³-hybridized carbons (Fsp3) is 0.292. The third kappa shape index (κ3) is 4.01. The van der Waals surface area contributed by atoms with Gasteiger partial charge in [-0.25, -0.2) is 0 Å². The molecule has 0 unspecified atom stereocenters. The largest absolute Gasteiger partial charge is 0.497 e. The molecular weight excluding hydrogens is 382 g/mol. The Bertz CT molecular complexity index is 983. The summed E-state index contributed by atoms with van der Waals surface area (Å²) in [6, 6.07) is 18.2. The Morgan fingerprint density at radius 3 is 2.69 bits per heavy atom. The van der Waals surface area contributed by atoms with Gasteiger partial charge in [-0.15, -0.1) is 11.3 Å². The molecule has 1 atom stereocenters. The van der Waals surface area contributed by atoms with E-state index < -0.39 is 0 Å². The van der Waals surface area contributed by atoms with E-state index in [1.807, 2.05) is 41.3 Å². The number of amides is 1. The Labute approximate surface area is 175 Å². The molecule has 0 spiro atoms. The standard InChI is InChI=1S/C24H25NO3S/c1-27-19-9-10-21(28-2)18(16-19)8-11-23(26)25-14-12-22-20(13-15-29-22)24(25)17-6-4-3-5-7-17/h3-7,9-10,13,15-16,24H,8,11-12,14H2,1-2H3/t24-/m1/s1. The van der Waals surface area contributed by atoms with Gasteiger partial charge in [0.15, 0.2) is 0 Å². The van der Waals surface area contributed by atoms with Crippen molar-refractivity contribution in [3.05, 3.63) is 81.5 Å². The van der Waals surface area contributed by atoms with E-state index in [0.29, 0.717) is 12.8 Å². The number of hydrogen-bond donors (Lipinski definition) is 0. The lowest BCUT2D eigenvalue weighted by molar-refractivity contribution is -0.133. The van der Waals surface area contributed by atoms with Gasteiger partial charge in [-0.2, -0.15) is 0 Å². The SMILES string of the molecule is COc1ccc(OC)c(CCC(=O)N2CCc3sccc3[C@H]2c2ccccc2)c1. The van der Waals surface area contributed by atoms with Crippen molar-refractivity contribution in [2.75, 3.05) is 20.8 Å². The molecule has 1 aromatic heterocycles. The highest BCUT2D eigenvalue weighted by molar-refractivity contribution is 7.10. The first-order chi connectivity index (χ1) is 14.2.